The Kier molecular flexibility index (Phi) is 24.1. The number of carbonyl (C=O) groups excluding carboxylic acids is 1. The third-order valence-corrected chi connectivity index (χ3v) is 4.13. The molecule has 0 bridgehead atoms. The molecule has 1 amide bonds. The molecule has 0 saturated carbocycles. The smallest absolute Gasteiger partial charge is 0.220 e. The van der Waals surface area contributed by atoms with Gasteiger partial charge in [-0.3, -0.25) is 4.79 Å². The highest BCUT2D eigenvalue weighted by Crippen LogP contribution is 1.97. The van der Waals surface area contributed by atoms with Crippen molar-refractivity contribution in [3.05, 3.63) is 72.9 Å². The summed E-state index contributed by atoms with van der Waals surface area (Å²) < 4.78 is 10.2. The van der Waals surface area contributed by atoms with Crippen molar-refractivity contribution in [3.63, 3.8) is 0 Å². The normalized spacial score (nSPS) is 12.7. The topological polar surface area (TPSA) is 47.6 Å². The summed E-state index contributed by atoms with van der Waals surface area (Å²) in [6.07, 6.45) is 33.4. The summed E-state index contributed by atoms with van der Waals surface area (Å²) in [6.45, 7) is 4.36. The van der Waals surface area contributed by atoms with Crippen molar-refractivity contribution in [1.29, 1.82) is 0 Å². The van der Waals surface area contributed by atoms with Crippen molar-refractivity contribution < 1.29 is 14.3 Å². The van der Waals surface area contributed by atoms with Crippen molar-refractivity contribution in [3.8, 4) is 0 Å². The van der Waals surface area contributed by atoms with E-state index in [0.29, 0.717) is 32.8 Å². The molecule has 0 aromatic carbocycles. The number of rotatable bonds is 20. The van der Waals surface area contributed by atoms with E-state index in [1.807, 2.05) is 0 Å². The number of methoxy groups -OCH3 is 1. The van der Waals surface area contributed by atoms with Crippen LogP contribution in [0.15, 0.2) is 72.9 Å². The third kappa shape index (κ3) is 25.8. The van der Waals surface area contributed by atoms with Gasteiger partial charge in [-0.25, -0.2) is 0 Å². The van der Waals surface area contributed by atoms with Crippen LogP contribution < -0.4 is 5.32 Å². The van der Waals surface area contributed by atoms with Gasteiger partial charge in [0, 0.05) is 20.1 Å². The predicted octanol–water partition coefficient (Wildman–Crippen LogP) is 6.24. The van der Waals surface area contributed by atoms with E-state index in [4.69, 9.17) is 9.47 Å². The second-order valence-electron chi connectivity index (χ2n) is 6.91. The standard InChI is InChI=1S/C27H43NO3/c1-3-4-5-6-7-8-9-10-11-12-13-14-15-16-17-18-19-20-21-22-27(29)28-23-24-31-26-25-30-2/h4-5,7-8,10-11,13-14,16-17,19-20H,3,6,9,12,15,18,21-26H2,1-2H3,(H,28,29)/b5-4-,8-7-,11-10-,14-13-,17-16-,20-19-. The van der Waals surface area contributed by atoms with Gasteiger partial charge in [-0.15, -0.1) is 0 Å². The zero-order chi connectivity index (χ0) is 22.7. The molecular weight excluding hydrogens is 386 g/mol. The lowest BCUT2D eigenvalue weighted by molar-refractivity contribution is -0.121. The summed E-state index contributed by atoms with van der Waals surface area (Å²) in [4.78, 5) is 11.7. The fraction of sp³-hybridized carbons (Fsp3) is 0.519. The number of allylic oxidation sites excluding steroid dienone is 12. The Bertz CT molecular complexity index is 571. The average Bonchev–Trinajstić information content (AvgIpc) is 2.77. The number of nitrogens with one attached hydrogen (secondary N) is 1. The molecule has 0 rings (SSSR count). The van der Waals surface area contributed by atoms with E-state index in [0.717, 1.165) is 44.9 Å². The largest absolute Gasteiger partial charge is 0.382 e. The van der Waals surface area contributed by atoms with Crippen LogP contribution in [0, 0.1) is 0 Å². The van der Waals surface area contributed by atoms with Gasteiger partial charge in [-0.05, 0) is 44.9 Å². The van der Waals surface area contributed by atoms with Gasteiger partial charge in [-0.2, -0.15) is 0 Å². The molecular formula is C27H43NO3. The van der Waals surface area contributed by atoms with E-state index >= 15 is 0 Å². The van der Waals surface area contributed by atoms with Crippen molar-refractivity contribution >= 4 is 5.91 Å². The SMILES string of the molecule is CC/C=C\C/C=C\C/C=C\C/C=C\C/C=C\C/C=C\CCC(=O)NCCOCCOC. The predicted molar refractivity (Wildman–Crippen MR) is 133 cm³/mol. The first kappa shape index (κ1) is 28.8. The van der Waals surface area contributed by atoms with Gasteiger partial charge in [-0.1, -0.05) is 79.8 Å². The number of amides is 1. The molecule has 0 radical (unpaired) electrons. The molecule has 0 heterocycles. The summed E-state index contributed by atoms with van der Waals surface area (Å²) >= 11 is 0. The average molecular weight is 430 g/mol. The van der Waals surface area contributed by atoms with Gasteiger partial charge in [0.2, 0.25) is 5.91 Å². The Morgan fingerprint density at radius 2 is 1.16 bits per heavy atom. The molecule has 0 spiro atoms. The Balaban J connectivity index is 3.52. The molecule has 4 nitrogen and oxygen atoms in total. The van der Waals surface area contributed by atoms with Crippen LogP contribution in [0.2, 0.25) is 0 Å². The summed E-state index contributed by atoms with van der Waals surface area (Å²) in [5.74, 6) is 0.0647. The first-order valence-corrected chi connectivity index (χ1v) is 11.5. The number of ether oxygens (including phenoxy) is 2. The van der Waals surface area contributed by atoms with Crippen LogP contribution in [-0.2, 0) is 14.3 Å². The molecule has 1 N–H and O–H groups in total. The number of hydrogen-bond acceptors (Lipinski definition) is 3. The molecule has 0 aromatic rings. The summed E-state index contributed by atoms with van der Waals surface area (Å²) in [6, 6.07) is 0. The maximum absolute atomic E-state index is 11.7. The van der Waals surface area contributed by atoms with Gasteiger partial charge in [0.15, 0.2) is 0 Å². The van der Waals surface area contributed by atoms with Gasteiger partial charge < -0.3 is 14.8 Å². The first-order chi connectivity index (χ1) is 15.3. The van der Waals surface area contributed by atoms with Crippen LogP contribution in [0.25, 0.3) is 0 Å². The van der Waals surface area contributed by atoms with Gasteiger partial charge >= 0.3 is 0 Å². The Morgan fingerprint density at radius 1 is 0.677 bits per heavy atom. The van der Waals surface area contributed by atoms with Crippen molar-refractivity contribution in [2.75, 3.05) is 33.5 Å². The van der Waals surface area contributed by atoms with E-state index in [9.17, 15) is 4.79 Å². The zero-order valence-corrected chi connectivity index (χ0v) is 19.6. The molecule has 0 aromatic heterocycles. The van der Waals surface area contributed by atoms with E-state index in [-0.39, 0.29) is 5.91 Å². The highest BCUT2D eigenvalue weighted by molar-refractivity contribution is 5.75. The van der Waals surface area contributed by atoms with Crippen molar-refractivity contribution in [2.24, 2.45) is 0 Å². The lowest BCUT2D eigenvalue weighted by Crippen LogP contribution is -2.27. The van der Waals surface area contributed by atoms with Crippen LogP contribution in [-0.4, -0.2) is 39.4 Å². The van der Waals surface area contributed by atoms with E-state index < -0.39 is 0 Å². The number of carbonyl (C=O) groups is 1. The zero-order valence-electron chi connectivity index (χ0n) is 19.6. The maximum atomic E-state index is 11.7. The maximum Gasteiger partial charge on any atom is 0.220 e. The highest BCUT2D eigenvalue weighted by Gasteiger charge is 1.98. The monoisotopic (exact) mass is 429 g/mol. The van der Waals surface area contributed by atoms with Crippen LogP contribution in [0.1, 0.15) is 58.3 Å². The molecule has 0 unspecified atom stereocenters. The van der Waals surface area contributed by atoms with Crippen LogP contribution >= 0.6 is 0 Å². The molecule has 174 valence electrons. The third-order valence-electron chi connectivity index (χ3n) is 4.13. The van der Waals surface area contributed by atoms with Crippen molar-refractivity contribution in [1.82, 2.24) is 5.32 Å². The molecule has 0 aliphatic rings. The minimum Gasteiger partial charge on any atom is -0.382 e. The van der Waals surface area contributed by atoms with E-state index in [1.54, 1.807) is 7.11 Å². The second kappa shape index (κ2) is 25.9. The molecule has 0 saturated heterocycles. The van der Waals surface area contributed by atoms with Crippen LogP contribution in [0.5, 0.6) is 0 Å². The Hall–Kier alpha value is -2.17. The van der Waals surface area contributed by atoms with Gasteiger partial charge in [0.1, 0.15) is 0 Å². The van der Waals surface area contributed by atoms with E-state index in [1.165, 1.54) is 0 Å². The van der Waals surface area contributed by atoms with Crippen molar-refractivity contribution in [2.45, 2.75) is 58.3 Å². The lowest BCUT2D eigenvalue weighted by atomic mass is 10.2. The summed E-state index contributed by atoms with van der Waals surface area (Å²) in [5.41, 5.74) is 0. The van der Waals surface area contributed by atoms with Crippen LogP contribution in [0.3, 0.4) is 0 Å². The molecule has 4 heteroatoms. The fourth-order valence-electron chi connectivity index (χ4n) is 2.45. The lowest BCUT2D eigenvalue weighted by Gasteiger charge is -2.05. The Morgan fingerprint density at radius 3 is 1.65 bits per heavy atom. The summed E-state index contributed by atoms with van der Waals surface area (Å²) in [7, 11) is 1.64. The quantitative estimate of drug-likeness (QED) is 0.184. The van der Waals surface area contributed by atoms with Crippen LogP contribution in [0.4, 0.5) is 0 Å². The highest BCUT2D eigenvalue weighted by atomic mass is 16.5. The van der Waals surface area contributed by atoms with Gasteiger partial charge in [0.25, 0.3) is 0 Å². The molecule has 0 aliphatic heterocycles. The molecule has 0 atom stereocenters. The Labute approximate surface area is 190 Å². The van der Waals surface area contributed by atoms with Gasteiger partial charge in [0.05, 0.1) is 19.8 Å². The number of hydrogen-bond donors (Lipinski definition) is 1. The minimum absolute atomic E-state index is 0.0647. The van der Waals surface area contributed by atoms with E-state index in [2.05, 4.69) is 85.2 Å². The molecule has 31 heavy (non-hydrogen) atoms. The summed E-state index contributed by atoms with van der Waals surface area (Å²) in [5, 5.41) is 2.85. The first-order valence-electron chi connectivity index (χ1n) is 11.5. The molecule has 0 aliphatic carbocycles. The molecule has 0 fully saturated rings. The second-order valence-corrected chi connectivity index (χ2v) is 6.91. The minimum atomic E-state index is 0.0647. The fourth-order valence-corrected chi connectivity index (χ4v) is 2.45.